The first-order valence-electron chi connectivity index (χ1n) is 39.6. The number of hydrogen-bond donors (Lipinski definition) is 4. The summed E-state index contributed by atoms with van der Waals surface area (Å²) in [7, 11) is 0. The molecular weight excluding hydrogens is 1370 g/mol. The molecule has 3 fully saturated rings. The van der Waals surface area contributed by atoms with Crippen LogP contribution in [0, 0.1) is 53.3 Å². The number of carboxylic acid groups (broad SMARTS) is 1. The number of amides is 3. The molecule has 27 nitrogen and oxygen atoms in total. The molecule has 15 atom stereocenters. The first-order valence-corrected chi connectivity index (χ1v) is 39.6. The van der Waals surface area contributed by atoms with Gasteiger partial charge < -0.3 is 77.9 Å². The van der Waals surface area contributed by atoms with E-state index in [1.807, 2.05) is 0 Å². The van der Waals surface area contributed by atoms with E-state index in [0.29, 0.717) is 154 Å². The molecule has 3 saturated heterocycles. The lowest BCUT2D eigenvalue weighted by atomic mass is 9.79. The molecule has 0 aromatic rings. The Morgan fingerprint density at radius 1 is 0.321 bits per heavy atom. The molecule has 3 heterocycles. The second-order valence-corrected chi connectivity index (χ2v) is 30.1. The van der Waals surface area contributed by atoms with Gasteiger partial charge in [-0.1, -0.05) is 75.2 Å². The number of carbonyl (C=O) groups is 11. The number of aliphatic carboxylic acids is 1. The molecule has 0 aliphatic carbocycles. The zero-order chi connectivity index (χ0) is 78.4. The van der Waals surface area contributed by atoms with Crippen molar-refractivity contribution in [2.45, 2.75) is 293 Å². The van der Waals surface area contributed by atoms with Crippen molar-refractivity contribution in [1.29, 1.82) is 0 Å². The monoisotopic (exact) mass is 1510 g/mol. The van der Waals surface area contributed by atoms with Crippen LogP contribution in [0.3, 0.4) is 0 Å². The standard InChI is InChI=1S/C79H135N3O24/c1-53-56(4)69(47-101-62(10)83)104-76(59(53)7)98-41-22-19-31-65(86)27-15-13-17-29-67(88)36-44-95-50-79(82-74(92)34-25-35-75(93)94,51-96-45-37-68(89)30-18-14-16-28-66(87)32-20-23-42-99-77-60(8)54(2)57(5)70(105-77)48-102-63(11)84)52-97-46-38-73(91)81-40-26-39-80-72(90)33-21-24-43-100-78-61(9)55(3)58(6)71(106-78)49-103-64(12)85/h53-61,69-71,76-78H,13-52H2,1-12H3,(H,80,90)(H,81,91)(H,82,92)(H,93,94). The van der Waals surface area contributed by atoms with E-state index in [1.54, 1.807) is 0 Å². The molecule has 15 unspecified atom stereocenters. The average Bonchev–Trinajstić information content (AvgIpc) is 0.832. The molecule has 0 bridgehead atoms. The van der Waals surface area contributed by atoms with E-state index in [4.69, 9.17) is 56.8 Å². The predicted molar refractivity (Wildman–Crippen MR) is 393 cm³/mol. The van der Waals surface area contributed by atoms with Gasteiger partial charge in [-0.15, -0.1) is 0 Å². The number of hydrogen-bond acceptors (Lipinski definition) is 23. The smallest absolute Gasteiger partial charge is 0.303 e. The molecule has 106 heavy (non-hydrogen) atoms. The second-order valence-electron chi connectivity index (χ2n) is 30.1. The topological polar surface area (TPSA) is 355 Å². The van der Waals surface area contributed by atoms with Crippen LogP contribution in [-0.4, -0.2) is 205 Å². The van der Waals surface area contributed by atoms with E-state index in [-0.39, 0.29) is 230 Å². The lowest BCUT2D eigenvalue weighted by molar-refractivity contribution is -0.255. The lowest BCUT2D eigenvalue weighted by Gasteiger charge is -2.43. The van der Waals surface area contributed by atoms with Crippen molar-refractivity contribution in [3.05, 3.63) is 0 Å². The van der Waals surface area contributed by atoms with Gasteiger partial charge in [0.1, 0.15) is 48.5 Å². The highest BCUT2D eigenvalue weighted by Crippen LogP contribution is 2.38. The third-order valence-electron chi connectivity index (χ3n) is 21.3. The Balaban J connectivity index is 1.47. The van der Waals surface area contributed by atoms with Crippen molar-refractivity contribution in [3.8, 4) is 0 Å². The molecule has 3 rings (SSSR count). The Bertz CT molecular complexity index is 2360. The molecule has 3 aliphatic heterocycles. The van der Waals surface area contributed by atoms with Crippen molar-refractivity contribution in [3.63, 3.8) is 0 Å². The van der Waals surface area contributed by atoms with Gasteiger partial charge in [0.2, 0.25) is 17.7 Å². The van der Waals surface area contributed by atoms with Crippen LogP contribution in [0.4, 0.5) is 0 Å². The molecule has 27 heteroatoms. The van der Waals surface area contributed by atoms with Gasteiger partial charge >= 0.3 is 23.9 Å². The van der Waals surface area contributed by atoms with Crippen LogP contribution >= 0.6 is 0 Å². The second kappa shape index (κ2) is 54.3. The zero-order valence-corrected chi connectivity index (χ0v) is 66.3. The van der Waals surface area contributed by atoms with Gasteiger partial charge in [0.15, 0.2) is 18.9 Å². The van der Waals surface area contributed by atoms with Crippen LogP contribution in [0.2, 0.25) is 0 Å². The van der Waals surface area contributed by atoms with Gasteiger partial charge in [-0.3, -0.25) is 52.7 Å². The van der Waals surface area contributed by atoms with Crippen molar-refractivity contribution in [2.24, 2.45) is 53.3 Å². The number of Topliss-reactive ketones (excluding diaryl/α,β-unsaturated/α-hetero) is 4. The molecule has 0 aromatic carbocycles. The normalized spacial score (nSPS) is 25.0. The SMILES string of the molecule is CC(=O)OCC1OC(OCCCCC(=O)CCCCCC(=O)CCOCC(COCCC(=O)CCCCCC(=O)CCCCOC2OC(COC(C)=O)C(C)C(C)C2C)(COCCC(=O)NCCCNC(=O)CCCCOC2OC(COC(C)=O)C(C)C(C)C2C)NC(=O)CCCC(=O)O)C(C)C(C)C1C. The summed E-state index contributed by atoms with van der Waals surface area (Å²) in [5.74, 6) is -0.975. The Hall–Kier alpha value is -5.39. The third kappa shape index (κ3) is 40.3. The van der Waals surface area contributed by atoms with Gasteiger partial charge in [0.25, 0.3) is 0 Å². The summed E-state index contributed by atoms with van der Waals surface area (Å²) < 4.78 is 70.7. The summed E-state index contributed by atoms with van der Waals surface area (Å²) in [5, 5.41) is 18.0. The van der Waals surface area contributed by atoms with E-state index in [2.05, 4.69) is 78.3 Å². The maximum Gasteiger partial charge on any atom is 0.303 e. The number of rotatable bonds is 60. The fraction of sp³-hybridized carbons (Fsp3) is 0.861. The van der Waals surface area contributed by atoms with Crippen LogP contribution in [0.1, 0.15) is 250 Å². The van der Waals surface area contributed by atoms with Crippen LogP contribution in [-0.2, 0) is 110 Å². The first kappa shape index (κ1) is 94.8. The highest BCUT2D eigenvalue weighted by Gasteiger charge is 2.43. The van der Waals surface area contributed by atoms with Crippen molar-refractivity contribution < 1.29 is 115 Å². The number of esters is 3. The molecule has 610 valence electrons. The van der Waals surface area contributed by atoms with Crippen molar-refractivity contribution in [2.75, 3.05) is 92.4 Å². The number of carbonyl (C=O) groups excluding carboxylic acids is 10. The molecule has 0 spiro atoms. The number of carboxylic acids is 1. The summed E-state index contributed by atoms with van der Waals surface area (Å²) in [6, 6.07) is 0. The minimum Gasteiger partial charge on any atom is -0.481 e. The molecular formula is C79H135N3O24. The maximum atomic E-state index is 13.5. The number of unbranched alkanes of at least 4 members (excludes halogenated alkanes) is 7. The van der Waals surface area contributed by atoms with Gasteiger partial charge in [0, 0.05) is 148 Å². The van der Waals surface area contributed by atoms with E-state index < -0.39 is 36.3 Å². The van der Waals surface area contributed by atoms with Gasteiger partial charge in [-0.2, -0.15) is 0 Å². The van der Waals surface area contributed by atoms with E-state index in [0.717, 1.165) is 0 Å². The van der Waals surface area contributed by atoms with Gasteiger partial charge in [-0.25, -0.2) is 0 Å². The molecule has 4 N–H and O–H groups in total. The highest BCUT2D eigenvalue weighted by atomic mass is 16.7. The van der Waals surface area contributed by atoms with Crippen LogP contribution in [0.25, 0.3) is 0 Å². The van der Waals surface area contributed by atoms with Gasteiger partial charge in [-0.05, 0) is 113 Å². The lowest BCUT2D eigenvalue weighted by Crippen LogP contribution is -2.58. The van der Waals surface area contributed by atoms with Gasteiger partial charge in [0.05, 0.1) is 58.0 Å². The predicted octanol–water partition coefficient (Wildman–Crippen LogP) is 10.3. The fourth-order valence-electron chi connectivity index (χ4n) is 13.2. The fourth-order valence-corrected chi connectivity index (χ4v) is 13.2. The van der Waals surface area contributed by atoms with E-state index in [1.165, 1.54) is 20.8 Å². The number of nitrogens with one attached hydrogen (secondary N) is 3. The summed E-state index contributed by atoms with van der Waals surface area (Å²) in [6.07, 6.45) is 8.50. The Morgan fingerprint density at radius 2 is 0.623 bits per heavy atom. The summed E-state index contributed by atoms with van der Waals surface area (Å²) in [5.41, 5.74) is -1.39. The summed E-state index contributed by atoms with van der Waals surface area (Å²) in [4.78, 5) is 137. The van der Waals surface area contributed by atoms with Crippen molar-refractivity contribution >= 4 is 64.7 Å². The Kier molecular flexibility index (Phi) is 48.5. The average molecular weight is 1510 g/mol. The molecule has 3 amide bonds. The van der Waals surface area contributed by atoms with Crippen LogP contribution in [0.5, 0.6) is 0 Å². The molecule has 0 aromatic heterocycles. The Labute approximate surface area is 631 Å². The largest absolute Gasteiger partial charge is 0.481 e. The van der Waals surface area contributed by atoms with E-state index >= 15 is 0 Å². The maximum absolute atomic E-state index is 13.5. The highest BCUT2D eigenvalue weighted by molar-refractivity contribution is 5.80. The molecule has 0 radical (unpaired) electrons. The number of ether oxygens (including phenoxy) is 12. The van der Waals surface area contributed by atoms with E-state index in [9.17, 15) is 57.8 Å². The van der Waals surface area contributed by atoms with Crippen molar-refractivity contribution in [1.82, 2.24) is 16.0 Å². The Morgan fingerprint density at radius 3 is 0.962 bits per heavy atom. The molecule has 0 saturated carbocycles. The minimum atomic E-state index is -1.39. The third-order valence-corrected chi connectivity index (χ3v) is 21.3. The summed E-state index contributed by atoms with van der Waals surface area (Å²) >= 11 is 0. The summed E-state index contributed by atoms with van der Waals surface area (Å²) in [6.45, 7) is 24.8. The number of ketones is 4. The zero-order valence-electron chi connectivity index (χ0n) is 66.3. The molecule has 3 aliphatic rings. The first-order chi connectivity index (χ1) is 50.5. The quantitative estimate of drug-likeness (QED) is 0.0250. The minimum absolute atomic E-state index is 0.0124. The van der Waals surface area contributed by atoms with Crippen LogP contribution in [0.15, 0.2) is 0 Å². The van der Waals surface area contributed by atoms with Crippen LogP contribution < -0.4 is 16.0 Å².